The third kappa shape index (κ3) is 1.91. The van der Waals surface area contributed by atoms with Crippen molar-refractivity contribution < 1.29 is 9.32 Å². The summed E-state index contributed by atoms with van der Waals surface area (Å²) in [6.07, 6.45) is 0. The van der Waals surface area contributed by atoms with Crippen LogP contribution in [0, 0.1) is 6.92 Å². The largest absolute Gasteiger partial charge is 0.328 e. The van der Waals surface area contributed by atoms with E-state index in [1.54, 1.807) is 0 Å². The molecule has 1 aromatic carbocycles. The number of nitrogens with zero attached hydrogens (tertiary/aromatic N) is 2. The Hall–Kier alpha value is -2.21. The Balaban J connectivity index is 2.31. The van der Waals surface area contributed by atoms with Crippen LogP contribution in [0.3, 0.4) is 0 Å². The molecule has 0 aliphatic heterocycles. The van der Waals surface area contributed by atoms with Crippen LogP contribution in [-0.4, -0.2) is 16.0 Å². The number of hydrogen-bond acceptors (Lipinski definition) is 5. The maximum Gasteiger partial charge on any atom is 0.323 e. The second-order valence-electron chi connectivity index (χ2n) is 3.26. The number of benzene rings is 1. The Bertz CT molecular complexity index is 504. The average Bonchev–Trinajstić information content (AvgIpc) is 2.78. The predicted molar refractivity (Wildman–Crippen MR) is 56.1 cm³/mol. The van der Waals surface area contributed by atoms with Gasteiger partial charge in [-0.2, -0.15) is 4.98 Å². The molecule has 0 fully saturated rings. The molecule has 2 rings (SSSR count). The first kappa shape index (κ1) is 10.3. The normalized spacial score (nSPS) is 10.1. The molecule has 0 saturated heterocycles. The van der Waals surface area contributed by atoms with Gasteiger partial charge in [-0.25, -0.2) is 5.84 Å². The van der Waals surface area contributed by atoms with Gasteiger partial charge in [-0.15, -0.1) is 0 Å². The third-order valence-corrected chi connectivity index (χ3v) is 2.06. The summed E-state index contributed by atoms with van der Waals surface area (Å²) in [5, 5.41) is 3.68. The number of nitrogens with one attached hydrogen (secondary N) is 1. The highest BCUT2D eigenvalue weighted by Gasteiger charge is 2.14. The summed E-state index contributed by atoms with van der Waals surface area (Å²) in [7, 11) is 0. The van der Waals surface area contributed by atoms with E-state index >= 15 is 0 Å². The van der Waals surface area contributed by atoms with Crippen LogP contribution in [0.4, 0.5) is 0 Å². The van der Waals surface area contributed by atoms with Crippen molar-refractivity contribution in [3.63, 3.8) is 0 Å². The van der Waals surface area contributed by atoms with E-state index in [9.17, 15) is 4.79 Å². The summed E-state index contributed by atoms with van der Waals surface area (Å²) in [5.74, 6) is 4.54. The zero-order valence-corrected chi connectivity index (χ0v) is 8.60. The SMILES string of the molecule is Cc1ccc(-c2noc(C(=O)NN)n2)cc1. The number of hydrogen-bond donors (Lipinski definition) is 2. The molecule has 1 amide bonds. The highest BCUT2D eigenvalue weighted by atomic mass is 16.5. The van der Waals surface area contributed by atoms with Gasteiger partial charge in [-0.3, -0.25) is 10.2 Å². The predicted octanol–water partition coefficient (Wildman–Crippen LogP) is 0.649. The van der Waals surface area contributed by atoms with E-state index < -0.39 is 5.91 Å². The molecule has 0 radical (unpaired) electrons. The minimum Gasteiger partial charge on any atom is -0.328 e. The van der Waals surface area contributed by atoms with Gasteiger partial charge in [0, 0.05) is 5.56 Å². The topological polar surface area (TPSA) is 94.0 Å². The minimum absolute atomic E-state index is 0.155. The summed E-state index contributed by atoms with van der Waals surface area (Å²) < 4.78 is 4.75. The number of hydrazine groups is 1. The van der Waals surface area contributed by atoms with Gasteiger partial charge in [0.15, 0.2) is 0 Å². The molecule has 0 spiro atoms. The molecule has 0 bridgehead atoms. The lowest BCUT2D eigenvalue weighted by molar-refractivity contribution is 0.0910. The molecule has 0 saturated carbocycles. The molecule has 0 unspecified atom stereocenters. The fraction of sp³-hybridized carbons (Fsp3) is 0.100. The lowest BCUT2D eigenvalue weighted by Gasteiger charge is -1.94. The van der Waals surface area contributed by atoms with Gasteiger partial charge in [-0.05, 0) is 6.92 Å². The van der Waals surface area contributed by atoms with Gasteiger partial charge in [0.1, 0.15) is 0 Å². The lowest BCUT2D eigenvalue weighted by atomic mass is 10.1. The fourth-order valence-electron chi connectivity index (χ4n) is 1.20. The van der Waals surface area contributed by atoms with Gasteiger partial charge in [0.25, 0.3) is 0 Å². The molecule has 0 aliphatic rings. The van der Waals surface area contributed by atoms with E-state index in [0.29, 0.717) is 5.82 Å². The van der Waals surface area contributed by atoms with E-state index in [0.717, 1.165) is 11.1 Å². The number of carbonyl (C=O) groups excluding carboxylic acids is 1. The number of rotatable bonds is 2. The molecule has 1 aromatic heterocycles. The Morgan fingerprint density at radius 2 is 2.06 bits per heavy atom. The van der Waals surface area contributed by atoms with Gasteiger partial charge in [0.2, 0.25) is 5.82 Å². The number of carbonyl (C=O) groups is 1. The summed E-state index contributed by atoms with van der Waals surface area (Å²) in [6, 6.07) is 7.55. The van der Waals surface area contributed by atoms with Crippen LogP contribution < -0.4 is 11.3 Å². The van der Waals surface area contributed by atoms with Crippen LogP contribution >= 0.6 is 0 Å². The van der Waals surface area contributed by atoms with Crippen LogP contribution in [0.5, 0.6) is 0 Å². The fourth-order valence-corrected chi connectivity index (χ4v) is 1.20. The highest BCUT2D eigenvalue weighted by Crippen LogP contribution is 2.15. The Kier molecular flexibility index (Phi) is 2.65. The van der Waals surface area contributed by atoms with Crippen molar-refractivity contribution in [1.29, 1.82) is 0 Å². The summed E-state index contributed by atoms with van der Waals surface area (Å²) in [4.78, 5) is 15.0. The van der Waals surface area contributed by atoms with Crippen LogP contribution in [-0.2, 0) is 0 Å². The van der Waals surface area contributed by atoms with Crippen molar-refractivity contribution in [3.05, 3.63) is 35.7 Å². The van der Waals surface area contributed by atoms with Crippen molar-refractivity contribution in [2.75, 3.05) is 0 Å². The standard InChI is InChI=1S/C10H10N4O2/c1-6-2-4-7(5-3-6)8-12-10(16-14-8)9(15)13-11/h2-5H,11H2,1H3,(H,13,15). The van der Waals surface area contributed by atoms with Crippen molar-refractivity contribution in [1.82, 2.24) is 15.6 Å². The van der Waals surface area contributed by atoms with E-state index in [4.69, 9.17) is 10.4 Å². The van der Waals surface area contributed by atoms with Crippen LogP contribution in [0.1, 0.15) is 16.2 Å². The first-order valence-electron chi connectivity index (χ1n) is 4.62. The number of aryl methyl sites for hydroxylation is 1. The Morgan fingerprint density at radius 3 is 2.69 bits per heavy atom. The van der Waals surface area contributed by atoms with E-state index in [1.807, 2.05) is 36.6 Å². The molecular formula is C10H10N4O2. The average molecular weight is 218 g/mol. The van der Waals surface area contributed by atoms with Gasteiger partial charge < -0.3 is 4.52 Å². The van der Waals surface area contributed by atoms with Crippen molar-refractivity contribution >= 4 is 5.91 Å². The number of nitrogens with two attached hydrogens (primary N) is 1. The van der Waals surface area contributed by atoms with E-state index in [1.165, 1.54) is 0 Å². The molecule has 0 aliphatic carbocycles. The number of aromatic nitrogens is 2. The molecular weight excluding hydrogens is 208 g/mol. The van der Waals surface area contributed by atoms with Crippen LogP contribution in [0.25, 0.3) is 11.4 Å². The monoisotopic (exact) mass is 218 g/mol. The molecule has 1 heterocycles. The second kappa shape index (κ2) is 4.11. The van der Waals surface area contributed by atoms with Gasteiger partial charge in [0.05, 0.1) is 0 Å². The third-order valence-electron chi connectivity index (χ3n) is 2.06. The summed E-state index contributed by atoms with van der Waals surface area (Å²) >= 11 is 0. The smallest absolute Gasteiger partial charge is 0.323 e. The number of amides is 1. The Labute approximate surface area is 91.4 Å². The molecule has 82 valence electrons. The first-order valence-corrected chi connectivity index (χ1v) is 4.62. The maximum atomic E-state index is 11.1. The minimum atomic E-state index is -0.606. The maximum absolute atomic E-state index is 11.1. The van der Waals surface area contributed by atoms with Gasteiger partial charge in [-0.1, -0.05) is 35.0 Å². The lowest BCUT2D eigenvalue weighted by Crippen LogP contribution is -2.30. The number of nitrogen functional groups attached to an aromatic ring is 1. The highest BCUT2D eigenvalue weighted by molar-refractivity contribution is 5.89. The molecule has 6 nitrogen and oxygen atoms in total. The van der Waals surface area contributed by atoms with Crippen molar-refractivity contribution in [3.8, 4) is 11.4 Å². The quantitative estimate of drug-likeness (QED) is 0.438. The molecule has 3 N–H and O–H groups in total. The molecule has 16 heavy (non-hydrogen) atoms. The first-order chi connectivity index (χ1) is 7.70. The second-order valence-corrected chi connectivity index (χ2v) is 3.26. The zero-order valence-electron chi connectivity index (χ0n) is 8.60. The molecule has 2 aromatic rings. The zero-order chi connectivity index (χ0) is 11.5. The van der Waals surface area contributed by atoms with E-state index in [2.05, 4.69) is 10.1 Å². The van der Waals surface area contributed by atoms with Crippen molar-refractivity contribution in [2.45, 2.75) is 6.92 Å². The summed E-state index contributed by atoms with van der Waals surface area (Å²) in [5.41, 5.74) is 3.83. The van der Waals surface area contributed by atoms with Crippen LogP contribution in [0.2, 0.25) is 0 Å². The van der Waals surface area contributed by atoms with Crippen molar-refractivity contribution in [2.24, 2.45) is 5.84 Å². The Morgan fingerprint density at radius 1 is 1.38 bits per heavy atom. The van der Waals surface area contributed by atoms with E-state index in [-0.39, 0.29) is 5.89 Å². The summed E-state index contributed by atoms with van der Waals surface area (Å²) in [6.45, 7) is 1.98. The molecule has 0 atom stereocenters. The van der Waals surface area contributed by atoms with Gasteiger partial charge >= 0.3 is 11.8 Å². The molecule has 6 heteroatoms. The van der Waals surface area contributed by atoms with Crippen LogP contribution in [0.15, 0.2) is 28.8 Å².